The fourth-order valence-corrected chi connectivity index (χ4v) is 1.13. The summed E-state index contributed by atoms with van der Waals surface area (Å²) in [6, 6.07) is 8.51. The van der Waals surface area contributed by atoms with Gasteiger partial charge in [0.15, 0.2) is 0 Å². The smallest absolute Gasteiger partial charge is 0.408 e. The van der Waals surface area contributed by atoms with Crippen molar-refractivity contribution >= 4 is 12.0 Å². The van der Waals surface area contributed by atoms with Gasteiger partial charge >= 0.3 is 6.09 Å². The average Bonchev–Trinajstić information content (AvgIpc) is 2.36. The molecular formula is C11H15N3O3. The second-order valence-electron chi connectivity index (χ2n) is 3.44. The van der Waals surface area contributed by atoms with Gasteiger partial charge in [-0.25, -0.2) is 10.6 Å². The predicted octanol–water partition coefficient (Wildman–Crippen LogP) is 0.291. The predicted molar refractivity (Wildman–Crippen MR) is 61.6 cm³/mol. The summed E-state index contributed by atoms with van der Waals surface area (Å²) in [4.78, 5) is 22.3. The summed E-state index contributed by atoms with van der Waals surface area (Å²) >= 11 is 0. The van der Waals surface area contributed by atoms with Crippen LogP contribution in [0.2, 0.25) is 0 Å². The maximum Gasteiger partial charge on any atom is 0.408 e. The third kappa shape index (κ3) is 4.52. The van der Waals surface area contributed by atoms with Crippen LogP contribution >= 0.6 is 0 Å². The number of carbonyl (C=O) groups is 2. The van der Waals surface area contributed by atoms with E-state index in [1.807, 2.05) is 35.8 Å². The van der Waals surface area contributed by atoms with E-state index in [4.69, 9.17) is 10.6 Å². The lowest BCUT2D eigenvalue weighted by Crippen LogP contribution is -2.47. The molecule has 0 saturated heterocycles. The SMILES string of the molecule is CC(NC(=O)OCc1ccccc1)C(=O)NN. The van der Waals surface area contributed by atoms with Crippen LogP contribution in [0.4, 0.5) is 4.79 Å². The number of hydrazine groups is 1. The molecule has 1 unspecified atom stereocenters. The molecule has 1 aromatic carbocycles. The van der Waals surface area contributed by atoms with Crippen LogP contribution in [0, 0.1) is 0 Å². The van der Waals surface area contributed by atoms with Gasteiger partial charge in [-0.2, -0.15) is 0 Å². The Morgan fingerprint density at radius 2 is 2.00 bits per heavy atom. The molecule has 0 saturated carbocycles. The maximum absolute atomic E-state index is 11.3. The number of benzene rings is 1. The van der Waals surface area contributed by atoms with Gasteiger partial charge in [-0.15, -0.1) is 0 Å². The van der Waals surface area contributed by atoms with Crippen LogP contribution in [0.15, 0.2) is 30.3 Å². The van der Waals surface area contributed by atoms with Crippen molar-refractivity contribution in [1.29, 1.82) is 0 Å². The van der Waals surface area contributed by atoms with E-state index in [0.717, 1.165) is 5.56 Å². The van der Waals surface area contributed by atoms with Crippen LogP contribution in [-0.2, 0) is 16.1 Å². The Morgan fingerprint density at radius 3 is 2.59 bits per heavy atom. The van der Waals surface area contributed by atoms with Crippen molar-refractivity contribution in [3.8, 4) is 0 Å². The van der Waals surface area contributed by atoms with Crippen molar-refractivity contribution in [2.24, 2.45) is 5.84 Å². The quantitative estimate of drug-likeness (QED) is 0.398. The summed E-state index contributed by atoms with van der Waals surface area (Å²) in [6.07, 6.45) is -0.662. The summed E-state index contributed by atoms with van der Waals surface area (Å²) < 4.78 is 4.92. The Hall–Kier alpha value is -2.08. The van der Waals surface area contributed by atoms with Crippen LogP contribution in [0.1, 0.15) is 12.5 Å². The van der Waals surface area contributed by atoms with Gasteiger partial charge in [-0.3, -0.25) is 10.2 Å². The van der Waals surface area contributed by atoms with E-state index in [2.05, 4.69) is 5.32 Å². The Kier molecular flexibility index (Phi) is 4.96. The van der Waals surface area contributed by atoms with Crippen LogP contribution in [0.3, 0.4) is 0 Å². The van der Waals surface area contributed by atoms with Crippen LogP contribution < -0.4 is 16.6 Å². The molecule has 0 fully saturated rings. The van der Waals surface area contributed by atoms with Crippen molar-refractivity contribution in [2.75, 3.05) is 0 Å². The standard InChI is InChI=1S/C11H15N3O3/c1-8(10(15)14-12)13-11(16)17-7-9-5-3-2-4-6-9/h2-6,8H,7,12H2,1H3,(H,13,16)(H,14,15). The van der Waals surface area contributed by atoms with E-state index in [1.165, 1.54) is 6.92 Å². The van der Waals surface area contributed by atoms with Crippen molar-refractivity contribution in [3.63, 3.8) is 0 Å². The number of amides is 2. The molecule has 0 aromatic heterocycles. The minimum Gasteiger partial charge on any atom is -0.445 e. The van der Waals surface area contributed by atoms with E-state index >= 15 is 0 Å². The van der Waals surface area contributed by atoms with E-state index in [0.29, 0.717) is 0 Å². The number of alkyl carbamates (subject to hydrolysis) is 1. The van der Waals surface area contributed by atoms with Gasteiger partial charge in [0, 0.05) is 0 Å². The van der Waals surface area contributed by atoms with Gasteiger partial charge in [-0.05, 0) is 12.5 Å². The zero-order valence-electron chi connectivity index (χ0n) is 9.47. The Balaban J connectivity index is 2.33. The fourth-order valence-electron chi connectivity index (χ4n) is 1.13. The van der Waals surface area contributed by atoms with Gasteiger partial charge in [0.2, 0.25) is 0 Å². The van der Waals surface area contributed by atoms with Crippen molar-refractivity contribution in [3.05, 3.63) is 35.9 Å². The summed E-state index contributed by atoms with van der Waals surface area (Å²) in [6.45, 7) is 1.66. The molecular weight excluding hydrogens is 222 g/mol. The zero-order valence-corrected chi connectivity index (χ0v) is 9.47. The number of carbonyl (C=O) groups excluding carboxylic acids is 2. The second-order valence-corrected chi connectivity index (χ2v) is 3.44. The molecule has 4 N–H and O–H groups in total. The molecule has 1 rings (SSSR count). The molecule has 17 heavy (non-hydrogen) atoms. The molecule has 0 bridgehead atoms. The number of hydrogen-bond donors (Lipinski definition) is 3. The molecule has 2 amide bonds. The van der Waals surface area contributed by atoms with E-state index in [9.17, 15) is 9.59 Å². The number of hydrogen-bond acceptors (Lipinski definition) is 4. The second kappa shape index (κ2) is 6.49. The first-order valence-corrected chi connectivity index (χ1v) is 5.11. The summed E-state index contributed by atoms with van der Waals surface area (Å²) in [5, 5.41) is 2.35. The van der Waals surface area contributed by atoms with Gasteiger partial charge in [0.05, 0.1) is 0 Å². The zero-order chi connectivity index (χ0) is 12.7. The fraction of sp³-hybridized carbons (Fsp3) is 0.273. The molecule has 0 spiro atoms. The Labute approximate surface area is 99.1 Å². The van der Waals surface area contributed by atoms with Gasteiger partial charge in [0.25, 0.3) is 5.91 Å². The van der Waals surface area contributed by atoms with Gasteiger partial charge in [0.1, 0.15) is 12.6 Å². The first-order chi connectivity index (χ1) is 8.13. The first kappa shape index (κ1) is 13.0. The normalized spacial score (nSPS) is 11.4. The van der Waals surface area contributed by atoms with Crippen molar-refractivity contribution in [1.82, 2.24) is 10.7 Å². The highest BCUT2D eigenvalue weighted by atomic mass is 16.5. The molecule has 0 aliphatic heterocycles. The molecule has 1 atom stereocenters. The highest BCUT2D eigenvalue weighted by molar-refractivity contribution is 5.84. The number of nitrogens with one attached hydrogen (secondary N) is 2. The van der Waals surface area contributed by atoms with Crippen LogP contribution in [-0.4, -0.2) is 18.0 Å². The first-order valence-electron chi connectivity index (χ1n) is 5.11. The van der Waals surface area contributed by atoms with E-state index in [-0.39, 0.29) is 6.61 Å². The minimum atomic E-state index is -0.733. The molecule has 0 radical (unpaired) electrons. The minimum absolute atomic E-state index is 0.156. The number of nitrogens with two attached hydrogens (primary N) is 1. The van der Waals surface area contributed by atoms with Crippen LogP contribution in [0.5, 0.6) is 0 Å². The maximum atomic E-state index is 11.3. The average molecular weight is 237 g/mol. The molecule has 0 aliphatic rings. The van der Waals surface area contributed by atoms with Gasteiger partial charge < -0.3 is 10.1 Å². The number of ether oxygens (including phenoxy) is 1. The van der Waals surface area contributed by atoms with Crippen molar-refractivity contribution < 1.29 is 14.3 Å². The molecule has 1 aromatic rings. The Bertz CT molecular complexity index is 381. The summed E-state index contributed by atoms with van der Waals surface area (Å²) in [5.41, 5.74) is 2.81. The third-order valence-electron chi connectivity index (χ3n) is 2.08. The lowest BCUT2D eigenvalue weighted by atomic mass is 10.2. The topological polar surface area (TPSA) is 93.4 Å². The monoisotopic (exact) mass is 237 g/mol. The summed E-state index contributed by atoms with van der Waals surface area (Å²) in [7, 11) is 0. The molecule has 6 heteroatoms. The largest absolute Gasteiger partial charge is 0.445 e. The third-order valence-corrected chi connectivity index (χ3v) is 2.08. The van der Waals surface area contributed by atoms with E-state index < -0.39 is 18.0 Å². The lowest BCUT2D eigenvalue weighted by molar-refractivity contribution is -0.122. The highest BCUT2D eigenvalue weighted by Crippen LogP contribution is 2.00. The highest BCUT2D eigenvalue weighted by Gasteiger charge is 2.14. The van der Waals surface area contributed by atoms with Crippen LogP contribution in [0.25, 0.3) is 0 Å². The summed E-state index contributed by atoms with van der Waals surface area (Å²) in [5.74, 6) is 4.44. The molecule has 0 aliphatic carbocycles. The Morgan fingerprint density at radius 1 is 1.35 bits per heavy atom. The molecule has 6 nitrogen and oxygen atoms in total. The van der Waals surface area contributed by atoms with Gasteiger partial charge in [-0.1, -0.05) is 30.3 Å². The number of rotatable bonds is 4. The van der Waals surface area contributed by atoms with Crippen molar-refractivity contribution in [2.45, 2.75) is 19.6 Å². The lowest BCUT2D eigenvalue weighted by Gasteiger charge is -2.12. The van der Waals surface area contributed by atoms with E-state index in [1.54, 1.807) is 0 Å². The molecule has 92 valence electrons. The molecule has 0 heterocycles.